The third kappa shape index (κ3) is 6.15. The molecule has 156 valence electrons. The fourth-order valence-electron chi connectivity index (χ4n) is 3.82. The van der Waals surface area contributed by atoms with Crippen LogP contribution in [0.25, 0.3) is 0 Å². The van der Waals surface area contributed by atoms with E-state index >= 15 is 0 Å². The lowest BCUT2D eigenvalue weighted by molar-refractivity contribution is 0.0777. The Kier molecular flexibility index (Phi) is 7.09. The van der Waals surface area contributed by atoms with Crippen LogP contribution in [0.1, 0.15) is 35.2 Å². The van der Waals surface area contributed by atoms with E-state index in [-0.39, 0.29) is 10.8 Å². The number of sulfone groups is 1. The van der Waals surface area contributed by atoms with Gasteiger partial charge in [-0.1, -0.05) is 30.3 Å². The fourth-order valence-corrected chi connectivity index (χ4v) is 4.45. The minimum Gasteiger partial charge on any atom is -0.342 e. The maximum absolute atomic E-state index is 12.6. The Balaban J connectivity index is 1.43. The summed E-state index contributed by atoms with van der Waals surface area (Å²) < 4.78 is 23.1. The molecule has 29 heavy (non-hydrogen) atoms. The van der Waals surface area contributed by atoms with Crippen LogP contribution in [0.3, 0.4) is 0 Å². The van der Waals surface area contributed by atoms with E-state index < -0.39 is 9.84 Å². The maximum Gasteiger partial charge on any atom is 0.253 e. The van der Waals surface area contributed by atoms with Crippen molar-refractivity contribution in [2.75, 3.05) is 32.9 Å². The number of carbonyl (C=O) groups excluding carboxylic acids is 1. The molecule has 1 aliphatic heterocycles. The average Bonchev–Trinajstić information content (AvgIpc) is 2.73. The minimum absolute atomic E-state index is 0.0634. The Bertz CT molecular complexity index is 903. The topological polar surface area (TPSA) is 57.7 Å². The molecule has 0 spiro atoms. The predicted molar refractivity (Wildman–Crippen MR) is 116 cm³/mol. The zero-order valence-corrected chi connectivity index (χ0v) is 18.1. The van der Waals surface area contributed by atoms with Gasteiger partial charge in [-0.2, -0.15) is 0 Å². The van der Waals surface area contributed by atoms with Crippen LogP contribution in [-0.2, 0) is 16.4 Å². The largest absolute Gasteiger partial charge is 0.342 e. The van der Waals surface area contributed by atoms with Crippen molar-refractivity contribution in [3.05, 3.63) is 65.7 Å². The summed E-state index contributed by atoms with van der Waals surface area (Å²) in [7, 11) is -1.43. The number of likely N-dealkylation sites (tertiary alicyclic amines) is 1. The summed E-state index contributed by atoms with van der Waals surface area (Å²) in [6, 6.07) is 16.8. The number of carbonyl (C=O) groups is 1. The normalized spacial score (nSPS) is 15.9. The van der Waals surface area contributed by atoms with E-state index in [1.165, 1.54) is 24.0 Å². The molecule has 0 saturated carbocycles. The monoisotopic (exact) mass is 414 g/mol. The smallest absolute Gasteiger partial charge is 0.253 e. The molecule has 1 heterocycles. The molecule has 0 N–H and O–H groups in total. The number of rotatable bonds is 7. The Morgan fingerprint density at radius 1 is 1.03 bits per heavy atom. The fraction of sp³-hybridized carbons (Fsp3) is 0.435. The maximum atomic E-state index is 12.6. The van der Waals surface area contributed by atoms with Crippen molar-refractivity contribution in [3.63, 3.8) is 0 Å². The Labute approximate surface area is 174 Å². The van der Waals surface area contributed by atoms with Crippen LogP contribution >= 0.6 is 0 Å². The van der Waals surface area contributed by atoms with Crippen LogP contribution in [0.4, 0.5) is 0 Å². The number of hydrogen-bond donors (Lipinski definition) is 0. The van der Waals surface area contributed by atoms with Crippen LogP contribution in [0.5, 0.6) is 0 Å². The quantitative estimate of drug-likeness (QED) is 0.696. The standard InChI is InChI=1S/C23H30N2O3S/c1-24(23(26)21-8-10-22(11-9-21)29(2,27)28)15-12-19-13-16-25(17-14-19)18-20-6-4-3-5-7-20/h3-11,19H,12-18H2,1-2H3. The van der Waals surface area contributed by atoms with Gasteiger partial charge in [-0.25, -0.2) is 8.42 Å². The number of nitrogens with zero attached hydrogens (tertiary/aromatic N) is 2. The van der Waals surface area contributed by atoms with Crippen molar-refractivity contribution in [1.29, 1.82) is 0 Å². The molecule has 1 fully saturated rings. The molecule has 2 aromatic carbocycles. The van der Waals surface area contributed by atoms with E-state index in [2.05, 4.69) is 29.2 Å². The van der Waals surface area contributed by atoms with Crippen LogP contribution in [0.15, 0.2) is 59.5 Å². The second-order valence-corrected chi connectivity index (χ2v) is 10.0. The summed E-state index contributed by atoms with van der Waals surface area (Å²) in [5, 5.41) is 0. The molecule has 6 heteroatoms. The van der Waals surface area contributed by atoms with E-state index in [0.717, 1.165) is 45.4 Å². The summed E-state index contributed by atoms with van der Waals surface area (Å²) in [5.41, 5.74) is 1.88. The third-order valence-electron chi connectivity index (χ3n) is 5.71. The zero-order valence-electron chi connectivity index (χ0n) is 17.3. The Morgan fingerprint density at radius 2 is 1.66 bits per heavy atom. The summed E-state index contributed by atoms with van der Waals surface area (Å²) in [6.45, 7) is 3.93. The lowest BCUT2D eigenvalue weighted by Gasteiger charge is -2.32. The first-order valence-corrected chi connectivity index (χ1v) is 12.0. The highest BCUT2D eigenvalue weighted by Gasteiger charge is 2.21. The molecule has 1 amide bonds. The van der Waals surface area contributed by atoms with Gasteiger partial charge in [0.1, 0.15) is 0 Å². The molecule has 0 bridgehead atoms. The van der Waals surface area contributed by atoms with Gasteiger partial charge in [0.15, 0.2) is 9.84 Å². The van der Waals surface area contributed by atoms with E-state index in [1.54, 1.807) is 17.0 Å². The first-order chi connectivity index (χ1) is 13.8. The van der Waals surface area contributed by atoms with Crippen molar-refractivity contribution in [2.24, 2.45) is 5.92 Å². The van der Waals surface area contributed by atoms with Gasteiger partial charge in [-0.05, 0) is 68.1 Å². The first-order valence-electron chi connectivity index (χ1n) is 10.1. The number of benzene rings is 2. The van der Waals surface area contributed by atoms with Crippen molar-refractivity contribution >= 4 is 15.7 Å². The molecule has 0 unspecified atom stereocenters. The molecule has 1 saturated heterocycles. The van der Waals surface area contributed by atoms with Crippen LogP contribution in [-0.4, -0.2) is 57.1 Å². The van der Waals surface area contributed by atoms with Gasteiger partial charge < -0.3 is 4.90 Å². The number of amides is 1. The second kappa shape index (κ2) is 9.55. The SMILES string of the molecule is CN(CCC1CCN(Cc2ccccc2)CC1)C(=O)c1ccc(S(C)(=O)=O)cc1. The van der Waals surface area contributed by atoms with Crippen molar-refractivity contribution in [1.82, 2.24) is 9.80 Å². The summed E-state index contributed by atoms with van der Waals surface area (Å²) in [6.07, 6.45) is 4.50. The van der Waals surface area contributed by atoms with Crippen LogP contribution < -0.4 is 0 Å². The highest BCUT2D eigenvalue weighted by molar-refractivity contribution is 7.90. The third-order valence-corrected chi connectivity index (χ3v) is 6.83. The summed E-state index contributed by atoms with van der Waals surface area (Å²) >= 11 is 0. The summed E-state index contributed by atoms with van der Waals surface area (Å²) in [5.74, 6) is 0.580. The summed E-state index contributed by atoms with van der Waals surface area (Å²) in [4.78, 5) is 17.1. The average molecular weight is 415 g/mol. The zero-order chi connectivity index (χ0) is 20.9. The van der Waals surface area contributed by atoms with Gasteiger partial charge in [0.05, 0.1) is 4.90 Å². The van der Waals surface area contributed by atoms with Crippen molar-refractivity contribution < 1.29 is 13.2 Å². The molecule has 1 aliphatic rings. The van der Waals surface area contributed by atoms with E-state index in [9.17, 15) is 13.2 Å². The van der Waals surface area contributed by atoms with Gasteiger partial charge in [0.2, 0.25) is 0 Å². The lowest BCUT2D eigenvalue weighted by Crippen LogP contribution is -2.35. The molecule has 3 rings (SSSR count). The Hall–Kier alpha value is -2.18. The lowest BCUT2D eigenvalue weighted by atomic mass is 9.93. The van der Waals surface area contributed by atoms with Crippen molar-refractivity contribution in [2.45, 2.75) is 30.7 Å². The van der Waals surface area contributed by atoms with Gasteiger partial charge in [-0.3, -0.25) is 9.69 Å². The van der Waals surface area contributed by atoms with Crippen molar-refractivity contribution in [3.8, 4) is 0 Å². The molecule has 0 aromatic heterocycles. The van der Waals surface area contributed by atoms with Crippen LogP contribution in [0, 0.1) is 5.92 Å². The van der Waals surface area contributed by atoms with E-state index in [0.29, 0.717) is 11.5 Å². The highest BCUT2D eigenvalue weighted by atomic mass is 32.2. The Morgan fingerprint density at radius 3 is 2.24 bits per heavy atom. The van der Waals surface area contributed by atoms with E-state index in [1.807, 2.05) is 13.1 Å². The van der Waals surface area contributed by atoms with Crippen LogP contribution in [0.2, 0.25) is 0 Å². The van der Waals surface area contributed by atoms with Gasteiger partial charge in [0, 0.05) is 32.0 Å². The molecule has 0 atom stereocenters. The van der Waals surface area contributed by atoms with Gasteiger partial charge in [-0.15, -0.1) is 0 Å². The second-order valence-electron chi connectivity index (χ2n) is 8.02. The predicted octanol–water partition coefficient (Wildman–Crippen LogP) is 3.46. The minimum atomic E-state index is -3.24. The molecular weight excluding hydrogens is 384 g/mol. The molecule has 0 radical (unpaired) electrons. The molecular formula is C23H30N2O3S. The van der Waals surface area contributed by atoms with Gasteiger partial charge >= 0.3 is 0 Å². The first kappa shape index (κ1) is 21.5. The number of piperidine rings is 1. The van der Waals surface area contributed by atoms with E-state index in [4.69, 9.17) is 0 Å². The molecule has 5 nitrogen and oxygen atoms in total. The molecule has 0 aliphatic carbocycles. The highest BCUT2D eigenvalue weighted by Crippen LogP contribution is 2.22. The van der Waals surface area contributed by atoms with Gasteiger partial charge in [0.25, 0.3) is 5.91 Å². The molecule has 2 aromatic rings. The number of hydrogen-bond acceptors (Lipinski definition) is 4.